The van der Waals surface area contributed by atoms with Crippen molar-refractivity contribution in [1.82, 2.24) is 18.7 Å². The number of halogens is 1. The van der Waals surface area contributed by atoms with E-state index < -0.39 is 0 Å². The third-order valence-corrected chi connectivity index (χ3v) is 7.15. The predicted molar refractivity (Wildman–Crippen MR) is 118 cm³/mol. The molecule has 2 aliphatic rings. The highest BCUT2D eigenvalue weighted by atomic mass is 35.5. The van der Waals surface area contributed by atoms with E-state index in [9.17, 15) is 14.4 Å². The molecule has 0 aliphatic carbocycles. The number of quaternary nitrogens is 1. The van der Waals surface area contributed by atoms with E-state index in [-0.39, 0.29) is 35.7 Å². The number of esters is 1. The van der Waals surface area contributed by atoms with Crippen LogP contribution in [0.3, 0.4) is 0 Å². The molecule has 33 heavy (non-hydrogen) atoms. The Kier molecular flexibility index (Phi) is 6.45. The number of fused-ring (bicyclic) bond motifs is 3. The first-order chi connectivity index (χ1) is 15.4. The smallest absolute Gasteiger partial charge is 0.338 e. The first-order valence-electron chi connectivity index (χ1n) is 11.2. The molecule has 2 saturated heterocycles. The van der Waals surface area contributed by atoms with Gasteiger partial charge in [0.25, 0.3) is 5.56 Å². The lowest BCUT2D eigenvalue weighted by atomic mass is 9.99. The van der Waals surface area contributed by atoms with Crippen molar-refractivity contribution in [2.24, 2.45) is 14.1 Å². The van der Waals surface area contributed by atoms with Gasteiger partial charge in [0.15, 0.2) is 11.2 Å². The van der Waals surface area contributed by atoms with Crippen molar-refractivity contribution in [2.75, 3.05) is 6.54 Å². The zero-order valence-corrected chi connectivity index (χ0v) is 19.5. The van der Waals surface area contributed by atoms with E-state index in [0.29, 0.717) is 35.4 Å². The second-order valence-corrected chi connectivity index (χ2v) is 8.98. The molecule has 3 aromatic rings. The SMILES string of the molecule is Cn1c(=O)c2c(ncn2CC[NH+]2C3CCC2CC(OC(=O)c2ccccc2)C3)n(C)c1=O.[Cl-]. The van der Waals surface area contributed by atoms with Crippen molar-refractivity contribution in [2.45, 2.75) is 50.4 Å². The summed E-state index contributed by atoms with van der Waals surface area (Å²) in [4.78, 5) is 43.1. The molecule has 2 aliphatic heterocycles. The van der Waals surface area contributed by atoms with Crippen LogP contribution >= 0.6 is 0 Å². The number of carbonyl (C=O) groups is 1. The Morgan fingerprint density at radius 1 is 1.09 bits per heavy atom. The first kappa shape index (κ1) is 23.3. The van der Waals surface area contributed by atoms with E-state index in [4.69, 9.17) is 4.74 Å². The number of hydrogen-bond acceptors (Lipinski definition) is 5. The highest BCUT2D eigenvalue weighted by molar-refractivity contribution is 5.89. The molecule has 0 spiro atoms. The Bertz CT molecular complexity index is 1270. The van der Waals surface area contributed by atoms with Gasteiger partial charge in [-0.3, -0.25) is 13.9 Å². The zero-order chi connectivity index (χ0) is 22.4. The van der Waals surface area contributed by atoms with E-state index in [1.807, 2.05) is 22.8 Å². The Labute approximate surface area is 197 Å². The summed E-state index contributed by atoms with van der Waals surface area (Å²) >= 11 is 0. The summed E-state index contributed by atoms with van der Waals surface area (Å²) in [6.07, 6.45) is 5.60. The second kappa shape index (κ2) is 9.15. The molecule has 0 radical (unpaired) electrons. The van der Waals surface area contributed by atoms with Crippen molar-refractivity contribution in [3.05, 3.63) is 63.1 Å². The minimum absolute atomic E-state index is 0. The number of rotatable bonds is 5. The molecule has 0 saturated carbocycles. The van der Waals surface area contributed by atoms with Gasteiger partial charge in [-0.2, -0.15) is 0 Å². The van der Waals surface area contributed by atoms with Gasteiger partial charge >= 0.3 is 11.7 Å². The van der Waals surface area contributed by atoms with Crippen molar-refractivity contribution in [3.8, 4) is 0 Å². The van der Waals surface area contributed by atoms with Gasteiger partial charge < -0.3 is 26.6 Å². The van der Waals surface area contributed by atoms with Gasteiger partial charge in [0, 0.05) is 39.8 Å². The number of imidazole rings is 1. The van der Waals surface area contributed by atoms with Gasteiger partial charge in [-0.25, -0.2) is 14.6 Å². The first-order valence-corrected chi connectivity index (χ1v) is 11.2. The lowest BCUT2D eigenvalue weighted by Crippen LogP contribution is -3.18. The highest BCUT2D eigenvalue weighted by Gasteiger charge is 2.45. The predicted octanol–water partition coefficient (Wildman–Crippen LogP) is -3.13. The summed E-state index contributed by atoms with van der Waals surface area (Å²) in [7, 11) is 3.13. The molecule has 10 heteroatoms. The van der Waals surface area contributed by atoms with Crippen LogP contribution in [0.15, 0.2) is 46.2 Å². The molecule has 1 N–H and O–H groups in total. The topological polar surface area (TPSA) is 92.6 Å². The van der Waals surface area contributed by atoms with Gasteiger partial charge in [-0.15, -0.1) is 0 Å². The van der Waals surface area contributed by atoms with Crippen LogP contribution in [-0.4, -0.2) is 49.4 Å². The molecule has 176 valence electrons. The molecule has 5 rings (SSSR count). The van der Waals surface area contributed by atoms with Crippen molar-refractivity contribution in [1.29, 1.82) is 0 Å². The standard InChI is InChI=1S/C23H27N5O4.ClH/c1-25-20-19(21(29)26(2)23(25)31)27(14-24-20)10-11-28-16-8-9-17(28)13-18(12-16)32-22(30)15-6-4-3-5-7-15;/h3-7,14,16-18H,8-13H2,1-2H3;1H. The van der Waals surface area contributed by atoms with Crippen LogP contribution in [0.5, 0.6) is 0 Å². The minimum Gasteiger partial charge on any atom is -1.00 e. The Morgan fingerprint density at radius 2 is 1.76 bits per heavy atom. The van der Waals surface area contributed by atoms with E-state index in [1.54, 1.807) is 25.5 Å². The van der Waals surface area contributed by atoms with Gasteiger partial charge in [0.05, 0.1) is 37.1 Å². The highest BCUT2D eigenvalue weighted by Crippen LogP contribution is 2.25. The molecule has 2 bridgehead atoms. The molecule has 2 aromatic heterocycles. The molecular weight excluding hydrogens is 446 g/mol. The maximum Gasteiger partial charge on any atom is 0.338 e. The largest absolute Gasteiger partial charge is 1.00 e. The average Bonchev–Trinajstić information content (AvgIpc) is 3.33. The average molecular weight is 474 g/mol. The lowest BCUT2D eigenvalue weighted by Gasteiger charge is -2.35. The van der Waals surface area contributed by atoms with E-state index in [1.165, 1.54) is 16.5 Å². The van der Waals surface area contributed by atoms with Crippen LogP contribution in [0, 0.1) is 0 Å². The van der Waals surface area contributed by atoms with Gasteiger partial charge in [0.1, 0.15) is 6.10 Å². The zero-order valence-electron chi connectivity index (χ0n) is 18.7. The number of hydrogen-bond donors (Lipinski definition) is 1. The normalized spacial score (nSPS) is 23.9. The van der Waals surface area contributed by atoms with Crippen LogP contribution in [0.25, 0.3) is 11.2 Å². The minimum atomic E-state index is -0.372. The van der Waals surface area contributed by atoms with Crippen LogP contribution in [0.4, 0.5) is 0 Å². The van der Waals surface area contributed by atoms with Gasteiger partial charge in [-0.1, -0.05) is 18.2 Å². The third-order valence-electron chi connectivity index (χ3n) is 7.15. The number of aromatic nitrogens is 4. The number of piperidine rings is 1. The summed E-state index contributed by atoms with van der Waals surface area (Å²) in [5.41, 5.74) is 0.793. The van der Waals surface area contributed by atoms with Gasteiger partial charge in [0.2, 0.25) is 0 Å². The number of carbonyl (C=O) groups excluding carboxylic acids is 1. The molecular formula is C23H28ClN5O4. The van der Waals surface area contributed by atoms with Crippen LogP contribution < -0.4 is 28.6 Å². The molecule has 1 aromatic carbocycles. The summed E-state index contributed by atoms with van der Waals surface area (Å²) in [5.74, 6) is -0.246. The summed E-state index contributed by atoms with van der Waals surface area (Å²) < 4.78 is 10.2. The van der Waals surface area contributed by atoms with E-state index in [2.05, 4.69) is 4.98 Å². The maximum absolute atomic E-state index is 12.7. The fourth-order valence-electron chi connectivity index (χ4n) is 5.49. The number of nitrogens with zero attached hydrogens (tertiary/aromatic N) is 4. The number of benzene rings is 1. The van der Waals surface area contributed by atoms with Crippen molar-refractivity contribution >= 4 is 17.1 Å². The maximum atomic E-state index is 12.7. The molecule has 2 atom stereocenters. The molecule has 0 amide bonds. The number of ether oxygens (including phenoxy) is 1. The summed E-state index contributed by atoms with van der Waals surface area (Å²) in [5, 5.41) is 0. The van der Waals surface area contributed by atoms with Gasteiger partial charge in [-0.05, 0) is 12.1 Å². The number of aryl methyl sites for hydroxylation is 1. The second-order valence-electron chi connectivity index (χ2n) is 8.98. The molecule has 9 nitrogen and oxygen atoms in total. The third kappa shape index (κ3) is 4.11. The Morgan fingerprint density at radius 3 is 2.42 bits per heavy atom. The van der Waals surface area contributed by atoms with Crippen LogP contribution in [0.1, 0.15) is 36.0 Å². The fourth-order valence-corrected chi connectivity index (χ4v) is 5.49. The Balaban J connectivity index is 0.00000259. The number of nitrogens with one attached hydrogen (secondary N) is 1. The fraction of sp³-hybridized carbons (Fsp3) is 0.478. The molecule has 4 heterocycles. The van der Waals surface area contributed by atoms with E-state index >= 15 is 0 Å². The summed E-state index contributed by atoms with van der Waals surface area (Å²) in [6.45, 7) is 1.52. The van der Waals surface area contributed by atoms with Crippen molar-refractivity contribution in [3.63, 3.8) is 0 Å². The van der Waals surface area contributed by atoms with Crippen molar-refractivity contribution < 1.29 is 26.8 Å². The monoisotopic (exact) mass is 473 g/mol. The lowest BCUT2D eigenvalue weighted by molar-refractivity contribution is -0.942. The van der Waals surface area contributed by atoms with Crippen LogP contribution in [-0.2, 0) is 25.4 Å². The summed E-state index contributed by atoms with van der Waals surface area (Å²) in [6, 6.07) is 10.0. The Hall–Kier alpha value is -2.91. The van der Waals surface area contributed by atoms with E-state index in [0.717, 1.165) is 36.8 Å². The van der Waals surface area contributed by atoms with Crippen LogP contribution in [0.2, 0.25) is 0 Å². The molecule has 2 unspecified atom stereocenters. The molecule has 2 fully saturated rings. The quantitative estimate of drug-likeness (QED) is 0.396.